The Morgan fingerprint density at radius 1 is 0.882 bits per heavy atom. The minimum atomic E-state index is -1.10. The second-order valence-electron chi connectivity index (χ2n) is 7.85. The number of ether oxygens (including phenoxy) is 1. The Labute approximate surface area is 190 Å². The highest BCUT2D eigenvalue weighted by molar-refractivity contribution is 5.93. The lowest BCUT2D eigenvalue weighted by molar-refractivity contribution is -0.135. The summed E-state index contributed by atoms with van der Waals surface area (Å²) in [6.07, 6.45) is -0.104. The van der Waals surface area contributed by atoms with Crippen LogP contribution in [-0.4, -0.2) is 32.4 Å². The lowest BCUT2D eigenvalue weighted by Gasteiger charge is -2.26. The van der Waals surface area contributed by atoms with Crippen LogP contribution in [0.1, 0.15) is 33.8 Å². The van der Waals surface area contributed by atoms with Crippen LogP contribution in [0.3, 0.4) is 0 Å². The van der Waals surface area contributed by atoms with Crippen molar-refractivity contribution in [2.24, 2.45) is 0 Å². The normalized spacial score (nSPS) is 15.1. The van der Waals surface area contributed by atoms with E-state index < -0.39 is 34.8 Å². The number of aromatic hydroxyl groups is 3. The number of aromatic carboxylic acids is 1. The van der Waals surface area contributed by atoms with Crippen LogP contribution in [0.15, 0.2) is 63.8 Å². The first-order chi connectivity index (χ1) is 16.2. The first-order valence-electron chi connectivity index (χ1n) is 10.1. The number of phenolic OH excluding ortho intramolecular Hbond substituents is 3. The number of phenols is 3. The molecule has 0 amide bonds. The van der Waals surface area contributed by atoms with Crippen LogP contribution in [0.4, 0.5) is 0 Å². The summed E-state index contributed by atoms with van der Waals surface area (Å²) in [5.41, 5.74) is 0.717. The number of hydrogen-bond donors (Lipinski definition) is 4. The van der Waals surface area contributed by atoms with Gasteiger partial charge in [0.15, 0.2) is 16.9 Å². The third-order valence-electron chi connectivity index (χ3n) is 5.74. The van der Waals surface area contributed by atoms with Gasteiger partial charge in [-0.15, -0.1) is 0 Å². The molecule has 3 aromatic carbocycles. The highest BCUT2D eigenvalue weighted by Crippen LogP contribution is 2.46. The maximum Gasteiger partial charge on any atom is 0.335 e. The SMILES string of the molecule is O=C1C[C@H](c2ccc(C(=O)O)cc2)c2c(cc(O)c3c(=O)cc(-c4ccc(O)c(O)c4)oc23)O1. The predicted octanol–water partition coefficient (Wildman–Crippen LogP) is 3.72. The molecule has 0 fully saturated rings. The van der Waals surface area contributed by atoms with Gasteiger partial charge in [0.1, 0.15) is 28.2 Å². The summed E-state index contributed by atoms with van der Waals surface area (Å²) >= 11 is 0. The van der Waals surface area contributed by atoms with Crippen LogP contribution in [0.5, 0.6) is 23.0 Å². The van der Waals surface area contributed by atoms with Crippen LogP contribution >= 0.6 is 0 Å². The highest BCUT2D eigenvalue weighted by Gasteiger charge is 2.33. The van der Waals surface area contributed by atoms with Gasteiger partial charge in [-0.1, -0.05) is 12.1 Å². The van der Waals surface area contributed by atoms with Crippen molar-refractivity contribution in [1.29, 1.82) is 0 Å². The molecule has 4 N–H and O–H groups in total. The second-order valence-corrected chi connectivity index (χ2v) is 7.85. The molecule has 1 aliphatic rings. The van der Waals surface area contributed by atoms with E-state index in [0.717, 1.165) is 6.07 Å². The lowest BCUT2D eigenvalue weighted by Crippen LogP contribution is -2.22. The fraction of sp³-hybridized carbons (Fsp3) is 0.0800. The Balaban J connectivity index is 1.77. The van der Waals surface area contributed by atoms with Crippen molar-refractivity contribution in [3.8, 4) is 34.3 Å². The van der Waals surface area contributed by atoms with Gasteiger partial charge in [0.25, 0.3) is 0 Å². The second kappa shape index (κ2) is 7.66. The molecule has 9 nitrogen and oxygen atoms in total. The summed E-state index contributed by atoms with van der Waals surface area (Å²) in [6.45, 7) is 0. The van der Waals surface area contributed by atoms with Crippen molar-refractivity contribution < 1.29 is 39.2 Å². The Kier molecular flexibility index (Phi) is 4.75. The van der Waals surface area contributed by atoms with Gasteiger partial charge in [-0.2, -0.15) is 0 Å². The minimum absolute atomic E-state index is 0.00937. The summed E-state index contributed by atoms with van der Waals surface area (Å²) in [5, 5.41) is 39.0. The van der Waals surface area contributed by atoms with Crippen LogP contribution in [0, 0.1) is 0 Å². The molecule has 0 radical (unpaired) electrons. The van der Waals surface area contributed by atoms with E-state index in [-0.39, 0.29) is 40.2 Å². The van der Waals surface area contributed by atoms with Gasteiger partial charge in [0.05, 0.1) is 12.0 Å². The summed E-state index contributed by atoms with van der Waals surface area (Å²) in [7, 11) is 0. The van der Waals surface area contributed by atoms with E-state index in [1.165, 1.54) is 36.4 Å². The highest BCUT2D eigenvalue weighted by atomic mass is 16.5. The van der Waals surface area contributed by atoms with E-state index in [1.54, 1.807) is 12.1 Å². The zero-order valence-corrected chi connectivity index (χ0v) is 17.3. The number of esters is 1. The standard InChI is InChI=1S/C25H16O9/c26-15-6-5-13(7-16(15)27)19-9-17(28)23-18(29)10-20-22(24(23)34-19)14(8-21(30)33-20)11-1-3-12(4-2-11)25(31)32/h1-7,9-10,14,26-27,29H,8H2,(H,31,32)/t14-/m1/s1. The van der Waals surface area contributed by atoms with Crippen molar-refractivity contribution in [1.82, 2.24) is 0 Å². The number of hydrogen-bond acceptors (Lipinski definition) is 8. The lowest BCUT2D eigenvalue weighted by atomic mass is 9.84. The average molecular weight is 460 g/mol. The predicted molar refractivity (Wildman–Crippen MR) is 118 cm³/mol. The van der Waals surface area contributed by atoms with Crippen LogP contribution in [-0.2, 0) is 4.79 Å². The number of benzene rings is 3. The smallest absolute Gasteiger partial charge is 0.335 e. The molecule has 0 spiro atoms. The fourth-order valence-corrected chi connectivity index (χ4v) is 4.12. The van der Waals surface area contributed by atoms with Gasteiger partial charge in [-0.05, 0) is 35.9 Å². The molecule has 2 heterocycles. The quantitative estimate of drug-likeness (QED) is 0.203. The zero-order chi connectivity index (χ0) is 24.1. The number of carbonyl (C=O) groups excluding carboxylic acids is 1. The van der Waals surface area contributed by atoms with E-state index in [9.17, 15) is 34.8 Å². The molecule has 0 saturated heterocycles. The number of carboxylic acid groups (broad SMARTS) is 1. The van der Waals surface area contributed by atoms with E-state index in [1.807, 2.05) is 0 Å². The summed E-state index contributed by atoms with van der Waals surface area (Å²) in [6, 6.07) is 12.2. The molecule has 0 unspecified atom stereocenters. The largest absolute Gasteiger partial charge is 0.507 e. The van der Waals surface area contributed by atoms with Crippen LogP contribution in [0.2, 0.25) is 0 Å². The molecular weight excluding hydrogens is 444 g/mol. The molecule has 4 aromatic rings. The van der Waals surface area contributed by atoms with E-state index in [0.29, 0.717) is 16.7 Å². The fourth-order valence-electron chi connectivity index (χ4n) is 4.12. The van der Waals surface area contributed by atoms with Crippen LogP contribution in [0.25, 0.3) is 22.3 Å². The molecule has 0 saturated carbocycles. The van der Waals surface area contributed by atoms with Gasteiger partial charge in [-0.3, -0.25) is 9.59 Å². The summed E-state index contributed by atoms with van der Waals surface area (Å²) < 4.78 is 11.3. The average Bonchev–Trinajstić information content (AvgIpc) is 2.79. The molecule has 0 bridgehead atoms. The molecule has 1 aliphatic heterocycles. The molecule has 0 aliphatic carbocycles. The first kappa shape index (κ1) is 21.1. The number of fused-ring (bicyclic) bond motifs is 3. The molecule has 5 rings (SSSR count). The maximum atomic E-state index is 13.0. The van der Waals surface area contributed by atoms with Crippen molar-refractivity contribution >= 4 is 22.9 Å². The zero-order valence-electron chi connectivity index (χ0n) is 17.3. The van der Waals surface area contributed by atoms with Gasteiger partial charge in [0.2, 0.25) is 0 Å². The Bertz CT molecular complexity index is 1550. The Morgan fingerprint density at radius 3 is 2.29 bits per heavy atom. The minimum Gasteiger partial charge on any atom is -0.507 e. The molecule has 34 heavy (non-hydrogen) atoms. The molecule has 170 valence electrons. The van der Waals surface area contributed by atoms with E-state index in [4.69, 9.17) is 9.15 Å². The first-order valence-corrected chi connectivity index (χ1v) is 10.1. The number of carbonyl (C=O) groups is 2. The summed E-state index contributed by atoms with van der Waals surface area (Å²) in [4.78, 5) is 36.5. The third kappa shape index (κ3) is 3.39. The van der Waals surface area contributed by atoms with Gasteiger partial charge in [0, 0.05) is 29.2 Å². The van der Waals surface area contributed by atoms with Gasteiger partial charge >= 0.3 is 11.9 Å². The van der Waals surface area contributed by atoms with Crippen molar-refractivity contribution in [2.45, 2.75) is 12.3 Å². The van der Waals surface area contributed by atoms with Crippen LogP contribution < -0.4 is 10.2 Å². The molecule has 1 atom stereocenters. The van der Waals surface area contributed by atoms with Gasteiger partial charge in [-0.25, -0.2) is 4.79 Å². The van der Waals surface area contributed by atoms with E-state index >= 15 is 0 Å². The number of carboxylic acids is 1. The molecule has 9 heteroatoms. The van der Waals surface area contributed by atoms with Crippen molar-refractivity contribution in [3.63, 3.8) is 0 Å². The monoisotopic (exact) mass is 460 g/mol. The number of rotatable bonds is 3. The summed E-state index contributed by atoms with van der Waals surface area (Å²) in [5.74, 6) is -3.44. The maximum absolute atomic E-state index is 13.0. The third-order valence-corrected chi connectivity index (χ3v) is 5.74. The topological polar surface area (TPSA) is 155 Å². The van der Waals surface area contributed by atoms with E-state index in [2.05, 4.69) is 0 Å². The Morgan fingerprint density at radius 2 is 1.62 bits per heavy atom. The van der Waals surface area contributed by atoms with Gasteiger partial charge < -0.3 is 29.6 Å². The van der Waals surface area contributed by atoms with Crippen molar-refractivity contribution in [3.05, 3.63) is 81.5 Å². The molecule has 1 aromatic heterocycles. The Hall–Kier alpha value is -4.79. The molecular formula is C25H16O9. The van der Waals surface area contributed by atoms with Crippen molar-refractivity contribution in [2.75, 3.05) is 0 Å².